The number of aryl methyl sites for hydroxylation is 1. The van der Waals surface area contributed by atoms with Crippen molar-refractivity contribution in [2.75, 3.05) is 20.2 Å². The van der Waals surface area contributed by atoms with Crippen molar-refractivity contribution in [3.63, 3.8) is 0 Å². The third-order valence-corrected chi connectivity index (χ3v) is 7.52. The summed E-state index contributed by atoms with van der Waals surface area (Å²) >= 11 is 0. The molecule has 1 aromatic rings. The van der Waals surface area contributed by atoms with Crippen LogP contribution in [0.15, 0.2) is 0 Å². The number of nitrogens with one attached hydrogen (secondary N) is 2. The summed E-state index contributed by atoms with van der Waals surface area (Å²) in [5.41, 5.74) is 0. The molecule has 34 heavy (non-hydrogen) atoms. The maximum Gasteiger partial charge on any atom is 0.328 e. The molecule has 2 saturated heterocycles. The fourth-order valence-electron chi connectivity index (χ4n) is 5.68. The van der Waals surface area contributed by atoms with Gasteiger partial charge in [-0.05, 0) is 69.7 Å². The second kappa shape index (κ2) is 11.2. The molecule has 1 aromatic heterocycles. The van der Waals surface area contributed by atoms with Gasteiger partial charge in [-0.2, -0.15) is 5.21 Å². The third-order valence-electron chi connectivity index (χ3n) is 7.52. The van der Waals surface area contributed by atoms with Crippen LogP contribution in [0.25, 0.3) is 0 Å². The van der Waals surface area contributed by atoms with E-state index in [2.05, 4.69) is 25.9 Å². The van der Waals surface area contributed by atoms with Crippen LogP contribution in [0.2, 0.25) is 0 Å². The first kappa shape index (κ1) is 23.2. The summed E-state index contributed by atoms with van der Waals surface area (Å²) < 4.78 is 19.2. The summed E-state index contributed by atoms with van der Waals surface area (Å²) in [6.07, 6.45) is 5.88. The van der Waals surface area contributed by atoms with Crippen LogP contribution in [-0.2, 0) is 30.3 Å². The molecule has 0 aromatic carbocycles. The average Bonchev–Trinajstić information content (AvgIpc) is 3.54. The van der Waals surface area contributed by atoms with Crippen molar-refractivity contribution in [3.8, 4) is 0 Å². The minimum atomic E-state index is -1.52. The van der Waals surface area contributed by atoms with E-state index in [1.54, 1.807) is 6.92 Å². The largest absolute Gasteiger partial charge is 0.467 e. The van der Waals surface area contributed by atoms with Crippen molar-refractivity contribution in [2.45, 2.75) is 82.9 Å². The van der Waals surface area contributed by atoms with Crippen LogP contribution in [0, 0.1) is 17.8 Å². The number of hydrogen-bond acceptors (Lipinski definition) is 9. The van der Waals surface area contributed by atoms with Crippen LogP contribution in [0.4, 0.5) is 0 Å². The van der Waals surface area contributed by atoms with E-state index < -0.39 is 30.1 Å². The zero-order valence-corrected chi connectivity index (χ0v) is 20.0. The van der Waals surface area contributed by atoms with Crippen molar-refractivity contribution < 1.29 is 25.2 Å². The predicted molar refractivity (Wildman–Crippen MR) is 120 cm³/mol. The molecule has 3 fully saturated rings. The number of nitrogens with zero attached hydrogens (tertiary/aromatic N) is 4. The van der Waals surface area contributed by atoms with Crippen molar-refractivity contribution in [1.82, 2.24) is 30.8 Å². The highest BCUT2D eigenvalue weighted by atomic mass is 16.5. The Kier molecular flexibility index (Phi) is 7.67. The zero-order chi connectivity index (χ0) is 25.0. The molecule has 0 unspecified atom stereocenters. The molecule has 1 amide bonds. The van der Waals surface area contributed by atoms with Crippen molar-refractivity contribution in [2.24, 2.45) is 17.8 Å². The summed E-state index contributed by atoms with van der Waals surface area (Å²) in [6, 6.07) is -2.09. The standard InChI is InChI=1S/C23H36N6O5/c1-14(10-21(30)29-9-3-4-19(29)23(32)33-2)34-22(31)18-12-17-11-15(5-7-16(17)13-24-18)6-8-20-25-27-28-26-20/h14-19,24H,3-13H2,1-2H3,(H,25,26,27,28)/t14-,15+,16-,17+,18-,19+/m0/s1/i18D. The Balaban J connectivity index is 1.27. The number of H-pyrrole nitrogens is 1. The smallest absolute Gasteiger partial charge is 0.328 e. The molecule has 11 heteroatoms. The molecule has 2 N–H and O–H groups in total. The molecule has 3 aliphatic rings. The number of amides is 1. The molecule has 11 nitrogen and oxygen atoms in total. The van der Waals surface area contributed by atoms with Crippen LogP contribution in [-0.4, -0.2) is 81.7 Å². The Morgan fingerprint density at radius 1 is 1.21 bits per heavy atom. The number of carbonyl (C=O) groups excluding carboxylic acids is 3. The van der Waals surface area contributed by atoms with Gasteiger partial charge in [0.1, 0.15) is 18.2 Å². The molecule has 2 aliphatic heterocycles. The number of methoxy groups -OCH3 is 1. The average molecular weight is 478 g/mol. The minimum Gasteiger partial charge on any atom is -0.467 e. The number of tetrazole rings is 1. The topological polar surface area (TPSA) is 139 Å². The van der Waals surface area contributed by atoms with Crippen molar-refractivity contribution in [3.05, 3.63) is 5.82 Å². The minimum absolute atomic E-state index is 0.0282. The van der Waals surface area contributed by atoms with Crippen molar-refractivity contribution in [1.29, 1.82) is 0 Å². The van der Waals surface area contributed by atoms with Gasteiger partial charge >= 0.3 is 11.9 Å². The molecule has 3 heterocycles. The number of hydrogen-bond donors (Lipinski definition) is 2. The lowest BCUT2D eigenvalue weighted by atomic mass is 9.69. The van der Waals surface area contributed by atoms with Gasteiger partial charge < -0.3 is 19.7 Å². The summed E-state index contributed by atoms with van der Waals surface area (Å²) in [7, 11) is 1.31. The highest BCUT2D eigenvalue weighted by Gasteiger charge is 2.39. The Bertz CT molecular complexity index is 901. The molecule has 0 bridgehead atoms. The number of likely N-dealkylation sites (tertiary alicyclic amines) is 1. The lowest BCUT2D eigenvalue weighted by Crippen LogP contribution is -2.50. The summed E-state index contributed by atoms with van der Waals surface area (Å²) in [4.78, 5) is 39.2. The number of fused-ring (bicyclic) bond motifs is 1. The zero-order valence-electron chi connectivity index (χ0n) is 21.0. The van der Waals surface area contributed by atoms with E-state index in [0.29, 0.717) is 43.6 Å². The Labute approximate surface area is 201 Å². The second-order valence-corrected chi connectivity index (χ2v) is 9.82. The number of aromatic nitrogens is 4. The van der Waals surface area contributed by atoms with E-state index >= 15 is 0 Å². The highest BCUT2D eigenvalue weighted by molar-refractivity contribution is 5.85. The van der Waals surface area contributed by atoms with Gasteiger partial charge in [0.05, 0.1) is 14.9 Å². The molecule has 0 spiro atoms. The van der Waals surface area contributed by atoms with E-state index in [9.17, 15) is 14.4 Å². The SMILES string of the molecule is [2H][C@@]1(C(=O)O[C@@H](C)CC(=O)N2CCC[C@@H]2C(=O)OC)C[C@H]2C[C@@H](CCc3nn[nH]n3)CC[C@H]2CN1. The number of esters is 2. The molecule has 6 atom stereocenters. The van der Waals surface area contributed by atoms with E-state index in [0.717, 1.165) is 38.5 Å². The molecular weight excluding hydrogens is 440 g/mol. The Hall–Kier alpha value is -2.56. The normalized spacial score (nSPS) is 32.4. The van der Waals surface area contributed by atoms with Crippen LogP contribution >= 0.6 is 0 Å². The lowest BCUT2D eigenvalue weighted by molar-refractivity contribution is -0.157. The van der Waals surface area contributed by atoms with Gasteiger partial charge in [-0.25, -0.2) is 4.79 Å². The highest BCUT2D eigenvalue weighted by Crippen LogP contribution is 2.40. The predicted octanol–water partition coefficient (Wildman–Crippen LogP) is 1.01. The van der Waals surface area contributed by atoms with E-state index in [-0.39, 0.29) is 18.2 Å². The number of rotatable bonds is 8. The number of piperidine rings is 1. The summed E-state index contributed by atoms with van der Waals surface area (Å²) in [6.45, 7) is 2.76. The molecule has 4 rings (SSSR count). The second-order valence-electron chi connectivity index (χ2n) is 9.82. The van der Waals surface area contributed by atoms with Crippen LogP contribution in [0.5, 0.6) is 0 Å². The van der Waals surface area contributed by atoms with Crippen LogP contribution in [0.1, 0.15) is 65.5 Å². The Morgan fingerprint density at radius 2 is 2.06 bits per heavy atom. The maximum absolute atomic E-state index is 13.0. The van der Waals surface area contributed by atoms with Gasteiger partial charge in [-0.1, -0.05) is 11.6 Å². The maximum atomic E-state index is 13.0. The van der Waals surface area contributed by atoms with Gasteiger partial charge in [0, 0.05) is 13.0 Å². The third kappa shape index (κ3) is 5.92. The number of carbonyl (C=O) groups is 3. The first-order valence-corrected chi connectivity index (χ1v) is 12.3. The van der Waals surface area contributed by atoms with Gasteiger partial charge in [0.15, 0.2) is 5.82 Å². The molecular formula is C23H36N6O5. The first-order valence-electron chi connectivity index (χ1n) is 12.8. The van der Waals surface area contributed by atoms with E-state index in [4.69, 9.17) is 10.8 Å². The van der Waals surface area contributed by atoms with Gasteiger partial charge in [0.2, 0.25) is 5.91 Å². The molecule has 1 saturated carbocycles. The molecule has 1 aliphatic carbocycles. The Morgan fingerprint density at radius 3 is 2.82 bits per heavy atom. The summed E-state index contributed by atoms with van der Waals surface area (Å²) in [5, 5.41) is 17.2. The van der Waals surface area contributed by atoms with Gasteiger partial charge in [0.25, 0.3) is 0 Å². The van der Waals surface area contributed by atoms with Gasteiger partial charge in [-0.15, -0.1) is 10.2 Å². The first-order chi connectivity index (χ1) is 16.8. The molecule has 188 valence electrons. The fraction of sp³-hybridized carbons (Fsp3) is 0.826. The van der Waals surface area contributed by atoms with E-state index in [1.165, 1.54) is 12.0 Å². The lowest BCUT2D eigenvalue weighted by Gasteiger charge is -2.42. The molecule has 0 radical (unpaired) electrons. The monoisotopic (exact) mass is 477 g/mol. The van der Waals surface area contributed by atoms with Gasteiger partial charge in [-0.3, -0.25) is 9.59 Å². The fourth-order valence-corrected chi connectivity index (χ4v) is 5.68. The van der Waals surface area contributed by atoms with Crippen LogP contribution < -0.4 is 5.32 Å². The number of aromatic amines is 1. The van der Waals surface area contributed by atoms with Crippen LogP contribution in [0.3, 0.4) is 0 Å². The number of ether oxygens (including phenoxy) is 2. The van der Waals surface area contributed by atoms with E-state index in [1.807, 2.05) is 0 Å². The summed E-state index contributed by atoms with van der Waals surface area (Å²) in [5.74, 6) is 0.635. The van der Waals surface area contributed by atoms with Crippen molar-refractivity contribution >= 4 is 17.8 Å². The quantitative estimate of drug-likeness (QED) is 0.525.